The molecule has 12 heteroatoms. The zero-order valence-corrected chi connectivity index (χ0v) is 24.0. The molecule has 5 rings (SSSR count). The number of anilines is 4. The second-order valence-electron chi connectivity index (χ2n) is 11.1. The Labute approximate surface area is 229 Å². The fourth-order valence-electron chi connectivity index (χ4n) is 5.32. The van der Waals surface area contributed by atoms with Gasteiger partial charge in [0.2, 0.25) is 11.9 Å². The number of rotatable bonds is 8. The van der Waals surface area contributed by atoms with E-state index in [-0.39, 0.29) is 41.8 Å². The van der Waals surface area contributed by atoms with Crippen LogP contribution in [0.3, 0.4) is 0 Å². The maximum Gasteiger partial charge on any atom is 0.233 e. The number of sulfone groups is 1. The molecule has 2 saturated heterocycles. The van der Waals surface area contributed by atoms with Gasteiger partial charge in [0, 0.05) is 48.6 Å². The van der Waals surface area contributed by atoms with Crippen LogP contribution in [0, 0.1) is 11.8 Å². The predicted molar refractivity (Wildman–Crippen MR) is 152 cm³/mol. The third-order valence-electron chi connectivity index (χ3n) is 8.14. The molecule has 2 aliphatic heterocycles. The van der Waals surface area contributed by atoms with E-state index in [4.69, 9.17) is 4.98 Å². The zero-order valence-electron chi connectivity index (χ0n) is 23.2. The van der Waals surface area contributed by atoms with Crippen LogP contribution in [0.1, 0.15) is 52.5 Å². The molecular weight excluding hydrogens is 519 g/mol. The normalized spacial score (nSPS) is 23.8. The lowest BCUT2D eigenvalue weighted by Crippen LogP contribution is -2.57. The molecule has 0 aromatic carbocycles. The van der Waals surface area contributed by atoms with Crippen LogP contribution in [0.25, 0.3) is 10.8 Å². The minimum absolute atomic E-state index is 0.0338. The van der Waals surface area contributed by atoms with Crippen molar-refractivity contribution in [1.82, 2.24) is 24.9 Å². The maximum absolute atomic E-state index is 14.3. The molecule has 4 atom stereocenters. The van der Waals surface area contributed by atoms with E-state index in [0.29, 0.717) is 30.8 Å². The highest BCUT2D eigenvalue weighted by atomic mass is 32.2. The molecule has 10 nitrogen and oxygen atoms in total. The van der Waals surface area contributed by atoms with E-state index in [1.165, 1.54) is 6.33 Å². The first-order chi connectivity index (χ1) is 18.6. The van der Waals surface area contributed by atoms with Crippen molar-refractivity contribution in [3.8, 4) is 0 Å². The van der Waals surface area contributed by atoms with Crippen molar-refractivity contribution in [3.63, 3.8) is 0 Å². The Kier molecular flexibility index (Phi) is 7.58. The van der Waals surface area contributed by atoms with Gasteiger partial charge in [0.05, 0.1) is 12.3 Å². The van der Waals surface area contributed by atoms with E-state index in [2.05, 4.69) is 50.9 Å². The summed E-state index contributed by atoms with van der Waals surface area (Å²) in [5, 5.41) is 5.13. The van der Waals surface area contributed by atoms with Crippen LogP contribution >= 0.6 is 0 Å². The third-order valence-corrected chi connectivity index (χ3v) is 9.95. The van der Waals surface area contributed by atoms with Gasteiger partial charge >= 0.3 is 0 Å². The SMILES string of the molecule is CCS(=O)(=O)C[C@H]1CN(c2ncc(C(C)C)c3cc(Nc4ncnc(N5CC[C@H](C)[C@@H](F)C5)n4)ncc23)[C@@H]1C. The Morgan fingerprint density at radius 3 is 2.59 bits per heavy atom. The summed E-state index contributed by atoms with van der Waals surface area (Å²) < 4.78 is 38.6. The Hall–Kier alpha value is -3.15. The van der Waals surface area contributed by atoms with Crippen LogP contribution in [0.5, 0.6) is 0 Å². The van der Waals surface area contributed by atoms with Gasteiger partial charge in [-0.05, 0) is 42.2 Å². The first-order valence-electron chi connectivity index (χ1n) is 13.7. The summed E-state index contributed by atoms with van der Waals surface area (Å²) in [5.41, 5.74) is 1.09. The van der Waals surface area contributed by atoms with Crippen LogP contribution < -0.4 is 15.1 Å². The molecule has 5 heterocycles. The predicted octanol–water partition coefficient (Wildman–Crippen LogP) is 4.13. The second-order valence-corrected chi connectivity index (χ2v) is 13.5. The number of hydrogen-bond acceptors (Lipinski definition) is 10. The number of aromatic nitrogens is 5. The number of hydrogen-bond donors (Lipinski definition) is 1. The number of halogens is 1. The van der Waals surface area contributed by atoms with Crippen LogP contribution in [-0.2, 0) is 9.84 Å². The summed E-state index contributed by atoms with van der Waals surface area (Å²) >= 11 is 0. The summed E-state index contributed by atoms with van der Waals surface area (Å²) in [6.07, 6.45) is 4.98. The highest BCUT2D eigenvalue weighted by Crippen LogP contribution is 2.38. The van der Waals surface area contributed by atoms with Gasteiger partial charge in [0.1, 0.15) is 34.0 Å². The van der Waals surface area contributed by atoms with Gasteiger partial charge < -0.3 is 15.1 Å². The Balaban J connectivity index is 1.40. The van der Waals surface area contributed by atoms with E-state index in [1.54, 1.807) is 13.1 Å². The minimum atomic E-state index is -3.04. The summed E-state index contributed by atoms with van der Waals surface area (Å²) in [4.78, 5) is 26.5. The van der Waals surface area contributed by atoms with Crippen LogP contribution in [0.2, 0.25) is 0 Å². The quantitative estimate of drug-likeness (QED) is 0.434. The lowest BCUT2D eigenvalue weighted by atomic mass is 9.90. The van der Waals surface area contributed by atoms with Gasteiger partial charge in [-0.15, -0.1) is 0 Å². The summed E-state index contributed by atoms with van der Waals surface area (Å²) in [7, 11) is -3.04. The highest BCUT2D eigenvalue weighted by molar-refractivity contribution is 7.91. The van der Waals surface area contributed by atoms with Gasteiger partial charge in [0.25, 0.3) is 0 Å². The molecule has 3 aromatic heterocycles. The van der Waals surface area contributed by atoms with E-state index >= 15 is 0 Å². The summed E-state index contributed by atoms with van der Waals surface area (Å²) in [6.45, 7) is 11.5. The molecule has 3 aromatic rings. The number of nitrogens with zero attached hydrogens (tertiary/aromatic N) is 7. The molecule has 210 valence electrons. The van der Waals surface area contributed by atoms with Crippen LogP contribution in [0.4, 0.5) is 27.9 Å². The van der Waals surface area contributed by atoms with Gasteiger partial charge in [-0.3, -0.25) is 0 Å². The lowest BCUT2D eigenvalue weighted by Gasteiger charge is -2.47. The van der Waals surface area contributed by atoms with Crippen molar-refractivity contribution in [1.29, 1.82) is 0 Å². The van der Waals surface area contributed by atoms with E-state index in [1.807, 2.05) is 24.1 Å². The Morgan fingerprint density at radius 2 is 1.90 bits per heavy atom. The molecule has 2 fully saturated rings. The summed E-state index contributed by atoms with van der Waals surface area (Å²) in [5.74, 6) is 2.90. The number of pyridine rings is 2. The molecule has 0 radical (unpaired) electrons. The zero-order chi connectivity index (χ0) is 27.9. The largest absolute Gasteiger partial charge is 0.353 e. The fourth-order valence-corrected chi connectivity index (χ4v) is 6.59. The van der Waals surface area contributed by atoms with Gasteiger partial charge in [-0.2, -0.15) is 4.98 Å². The molecule has 1 N–H and O–H groups in total. The molecular formula is C27H37FN8O2S. The number of nitrogens with one attached hydrogen (secondary N) is 1. The average Bonchev–Trinajstić information content (AvgIpc) is 2.91. The topological polar surface area (TPSA) is 117 Å². The van der Waals surface area contributed by atoms with Crippen molar-refractivity contribution in [2.45, 2.75) is 59.2 Å². The van der Waals surface area contributed by atoms with E-state index < -0.39 is 16.0 Å². The van der Waals surface area contributed by atoms with Gasteiger partial charge in [-0.25, -0.2) is 32.7 Å². The van der Waals surface area contributed by atoms with Crippen molar-refractivity contribution in [3.05, 3.63) is 30.4 Å². The first-order valence-corrected chi connectivity index (χ1v) is 15.5. The number of alkyl halides is 1. The molecule has 0 aliphatic carbocycles. The van der Waals surface area contributed by atoms with Crippen molar-refractivity contribution >= 4 is 44.1 Å². The van der Waals surface area contributed by atoms with Crippen molar-refractivity contribution in [2.75, 3.05) is 46.3 Å². The van der Waals surface area contributed by atoms with Crippen LogP contribution in [-0.4, -0.2) is 76.7 Å². The van der Waals surface area contributed by atoms with Gasteiger partial charge in [-0.1, -0.05) is 27.7 Å². The third kappa shape index (κ3) is 5.61. The van der Waals surface area contributed by atoms with Crippen molar-refractivity contribution < 1.29 is 12.8 Å². The molecule has 0 spiro atoms. The second kappa shape index (κ2) is 10.8. The molecule has 0 saturated carbocycles. The maximum atomic E-state index is 14.3. The average molecular weight is 557 g/mol. The lowest BCUT2D eigenvalue weighted by molar-refractivity contribution is 0.210. The minimum Gasteiger partial charge on any atom is -0.353 e. The molecule has 0 unspecified atom stereocenters. The molecule has 0 amide bonds. The highest BCUT2D eigenvalue weighted by Gasteiger charge is 2.39. The smallest absolute Gasteiger partial charge is 0.233 e. The molecule has 2 aliphatic rings. The Bertz CT molecular complexity index is 1450. The number of piperidine rings is 1. The Morgan fingerprint density at radius 1 is 1.10 bits per heavy atom. The monoisotopic (exact) mass is 556 g/mol. The van der Waals surface area contributed by atoms with Gasteiger partial charge in [0.15, 0.2) is 0 Å². The van der Waals surface area contributed by atoms with Crippen LogP contribution in [0.15, 0.2) is 24.8 Å². The molecule has 39 heavy (non-hydrogen) atoms. The number of fused-ring (bicyclic) bond motifs is 1. The van der Waals surface area contributed by atoms with E-state index in [9.17, 15) is 12.8 Å². The molecule has 0 bridgehead atoms. The van der Waals surface area contributed by atoms with Crippen molar-refractivity contribution in [2.24, 2.45) is 11.8 Å². The first kappa shape index (κ1) is 27.4. The fraction of sp³-hybridized carbons (Fsp3) is 0.593. The standard InChI is InChI=1S/C27H37FN8O2S/c1-6-39(37,38)14-19-12-36(18(19)5)25-22-11-29-24(9-20(22)21(10-30-25)16(2)3)33-26-31-15-32-27(34-26)35-8-7-17(4)23(28)13-35/h9-11,15-19,23H,6-8,12-14H2,1-5H3,(H,29,31,32,33,34)/t17-,18+,19+,23-/m0/s1. The van der Waals surface area contributed by atoms with E-state index in [0.717, 1.165) is 28.6 Å². The summed E-state index contributed by atoms with van der Waals surface area (Å²) in [6, 6.07) is 2.04.